The van der Waals surface area contributed by atoms with Gasteiger partial charge in [0.15, 0.2) is 0 Å². The lowest BCUT2D eigenvalue weighted by Crippen LogP contribution is -2.57. The second-order valence-corrected chi connectivity index (χ2v) is 12.7. The summed E-state index contributed by atoms with van der Waals surface area (Å²) in [6.07, 6.45) is -4.57. The fourth-order valence-corrected chi connectivity index (χ4v) is 6.33. The zero-order valence-electron chi connectivity index (χ0n) is 26.0. The molecule has 3 aromatic carbocycles. The van der Waals surface area contributed by atoms with Crippen molar-refractivity contribution >= 4 is 34.9 Å². The van der Waals surface area contributed by atoms with E-state index in [9.17, 15) is 22.8 Å². The third-order valence-corrected chi connectivity index (χ3v) is 8.59. The minimum atomic E-state index is -4.95. The summed E-state index contributed by atoms with van der Waals surface area (Å²) < 4.78 is 73.6. The number of nitrogens with one attached hydrogen (secondary N) is 1. The number of methoxy groups -OCH3 is 1. The van der Waals surface area contributed by atoms with Crippen LogP contribution in [0.3, 0.4) is 0 Å². The van der Waals surface area contributed by atoms with E-state index < -0.39 is 66.1 Å². The van der Waals surface area contributed by atoms with Crippen LogP contribution in [0.25, 0.3) is 0 Å². The van der Waals surface area contributed by atoms with Crippen LogP contribution in [0.2, 0.25) is 10.0 Å². The van der Waals surface area contributed by atoms with Crippen molar-refractivity contribution in [3.05, 3.63) is 99.5 Å². The highest BCUT2D eigenvalue weighted by Gasteiger charge is 2.53. The predicted molar refractivity (Wildman–Crippen MR) is 173 cm³/mol. The topological polar surface area (TPSA) is 107 Å². The second-order valence-electron chi connectivity index (χ2n) is 11.9. The first kappa shape index (κ1) is 38.2. The van der Waals surface area contributed by atoms with Crippen LogP contribution in [0.4, 0.5) is 22.0 Å². The molecule has 0 aliphatic heterocycles. The molecule has 3 aromatic rings. The summed E-state index contributed by atoms with van der Waals surface area (Å²) in [7, 11) is 1.53. The number of Topliss-reactive ketones (excluding diaryl/α,β-unsaturated/α-hetero) is 1. The number of benzene rings is 3. The monoisotopic (exact) mass is 701 g/mol. The van der Waals surface area contributed by atoms with Crippen molar-refractivity contribution in [1.29, 1.82) is 0 Å². The average molecular weight is 703 g/mol. The van der Waals surface area contributed by atoms with E-state index in [0.717, 1.165) is 22.0 Å². The van der Waals surface area contributed by atoms with E-state index in [1.165, 1.54) is 21.0 Å². The maximum Gasteiger partial charge on any atom is 0.405 e. The number of amides is 1. The molecule has 6 nitrogen and oxygen atoms in total. The van der Waals surface area contributed by atoms with E-state index in [0.29, 0.717) is 15.8 Å². The number of ether oxygens (including phenoxy) is 1. The fourth-order valence-electron chi connectivity index (χ4n) is 5.78. The van der Waals surface area contributed by atoms with E-state index in [1.807, 2.05) is 12.1 Å². The molecule has 0 aromatic heterocycles. The number of hydrogen-bond donors (Lipinski definition) is 3. The SMILES string of the molecule is COc1ccc(C(CC(N)[C@H](Cc2ccccc2)C(N)[C@@H](C(=O)C(F)(F)C(=O)NCC(F)(F)F)C(C)C)c2cc(Cl)cc(Cl)c2)cc1. The minimum Gasteiger partial charge on any atom is -0.497 e. The molecule has 47 heavy (non-hydrogen) atoms. The Morgan fingerprint density at radius 2 is 1.45 bits per heavy atom. The van der Waals surface area contributed by atoms with Gasteiger partial charge in [-0.15, -0.1) is 0 Å². The zero-order valence-corrected chi connectivity index (χ0v) is 27.6. The van der Waals surface area contributed by atoms with Crippen molar-refractivity contribution in [2.45, 2.75) is 56.8 Å². The van der Waals surface area contributed by atoms with Gasteiger partial charge in [-0.25, -0.2) is 0 Å². The normalized spacial score (nSPS) is 15.4. The summed E-state index contributed by atoms with van der Waals surface area (Å²) in [6, 6.07) is 19.1. The van der Waals surface area contributed by atoms with Crippen molar-refractivity contribution in [2.75, 3.05) is 13.7 Å². The van der Waals surface area contributed by atoms with Gasteiger partial charge in [-0.1, -0.05) is 79.5 Å². The maximum atomic E-state index is 15.2. The van der Waals surface area contributed by atoms with Crippen molar-refractivity contribution in [1.82, 2.24) is 5.32 Å². The second kappa shape index (κ2) is 16.2. The Bertz CT molecular complexity index is 1470. The number of carbonyl (C=O) groups is 2. The van der Waals surface area contributed by atoms with E-state index in [1.54, 1.807) is 60.7 Å². The molecule has 5 N–H and O–H groups in total. The first-order chi connectivity index (χ1) is 21.9. The molecule has 5 atom stereocenters. The smallest absolute Gasteiger partial charge is 0.405 e. The van der Waals surface area contributed by atoms with E-state index in [-0.39, 0.29) is 12.8 Å². The molecule has 0 aliphatic carbocycles. The predicted octanol–water partition coefficient (Wildman–Crippen LogP) is 7.19. The van der Waals surface area contributed by atoms with E-state index in [2.05, 4.69) is 0 Å². The molecule has 256 valence electrons. The third kappa shape index (κ3) is 10.4. The summed E-state index contributed by atoms with van der Waals surface area (Å²) in [5.41, 5.74) is 15.9. The first-order valence-electron chi connectivity index (χ1n) is 14.9. The highest BCUT2D eigenvalue weighted by atomic mass is 35.5. The van der Waals surface area contributed by atoms with E-state index in [4.69, 9.17) is 39.4 Å². The lowest BCUT2D eigenvalue weighted by Gasteiger charge is -2.38. The summed E-state index contributed by atoms with van der Waals surface area (Å²) in [5.74, 6) is -12.1. The molecular formula is C34H38Cl2F5N3O3. The van der Waals surface area contributed by atoms with Crippen molar-refractivity contribution in [2.24, 2.45) is 29.2 Å². The molecule has 0 spiro atoms. The Labute approximate surface area is 280 Å². The minimum absolute atomic E-state index is 0.178. The van der Waals surface area contributed by atoms with Gasteiger partial charge in [0.05, 0.1) is 7.11 Å². The van der Waals surface area contributed by atoms with Crippen LogP contribution in [0, 0.1) is 17.8 Å². The van der Waals surface area contributed by atoms with Gasteiger partial charge < -0.3 is 21.5 Å². The molecule has 0 fully saturated rings. The van der Waals surface area contributed by atoms with Crippen LogP contribution in [-0.2, 0) is 16.0 Å². The van der Waals surface area contributed by atoms with Gasteiger partial charge in [-0.05, 0) is 71.7 Å². The molecule has 0 heterocycles. The van der Waals surface area contributed by atoms with E-state index >= 15 is 8.78 Å². The fraction of sp³-hybridized carbons (Fsp3) is 0.412. The van der Waals surface area contributed by atoms with Crippen LogP contribution in [-0.4, -0.2) is 49.5 Å². The number of ketones is 1. The number of nitrogens with two attached hydrogens (primary N) is 2. The van der Waals surface area contributed by atoms with Crippen molar-refractivity contribution < 1.29 is 36.3 Å². The lowest BCUT2D eigenvalue weighted by molar-refractivity contribution is -0.167. The first-order valence-corrected chi connectivity index (χ1v) is 15.6. The number of carbonyl (C=O) groups excluding carboxylic acids is 2. The lowest BCUT2D eigenvalue weighted by atomic mass is 9.71. The third-order valence-electron chi connectivity index (χ3n) is 8.15. The van der Waals surface area contributed by atoms with Gasteiger partial charge >= 0.3 is 12.1 Å². The Morgan fingerprint density at radius 3 is 1.96 bits per heavy atom. The molecule has 0 saturated carbocycles. The Balaban J connectivity index is 2.04. The molecule has 0 saturated heterocycles. The largest absolute Gasteiger partial charge is 0.497 e. The summed E-state index contributed by atoms with van der Waals surface area (Å²) >= 11 is 12.7. The summed E-state index contributed by atoms with van der Waals surface area (Å²) in [4.78, 5) is 25.5. The van der Waals surface area contributed by atoms with Crippen LogP contribution >= 0.6 is 23.2 Å². The molecule has 1 amide bonds. The number of halogens is 7. The van der Waals surface area contributed by atoms with Crippen LogP contribution in [0.5, 0.6) is 5.75 Å². The standard InChI is InChI=1S/C34H38Cl2F5N3O3/c1-19(2)29(31(45)34(40,41)32(46)44-18-33(37,38)39)30(43)27(13-20-7-5-4-6-8-20)28(42)17-26(21-9-11-25(47-3)12-10-21)22-14-23(35)16-24(36)15-22/h4-12,14-16,19,26-30H,13,17-18,42-43H2,1-3H3,(H,44,46)/t26?,27-,28?,29-,30?/m0/s1. The van der Waals surface area contributed by atoms with Gasteiger partial charge in [0.1, 0.15) is 12.3 Å². The van der Waals surface area contributed by atoms with Crippen molar-refractivity contribution in [3.63, 3.8) is 0 Å². The Hall–Kier alpha value is -3.25. The quantitative estimate of drug-likeness (QED) is 0.115. The number of alkyl halides is 5. The van der Waals surface area contributed by atoms with Gasteiger partial charge in [0.2, 0.25) is 5.78 Å². The van der Waals surface area contributed by atoms with Crippen LogP contribution in [0.1, 0.15) is 42.9 Å². The van der Waals surface area contributed by atoms with Gasteiger partial charge in [0, 0.05) is 34.0 Å². The maximum absolute atomic E-state index is 15.2. The molecule has 0 bridgehead atoms. The molecule has 3 unspecified atom stereocenters. The van der Waals surface area contributed by atoms with Crippen LogP contribution < -0.4 is 21.5 Å². The highest BCUT2D eigenvalue weighted by Crippen LogP contribution is 2.37. The summed E-state index contributed by atoms with van der Waals surface area (Å²) in [5, 5.41) is 1.88. The highest BCUT2D eigenvalue weighted by molar-refractivity contribution is 6.34. The van der Waals surface area contributed by atoms with Crippen molar-refractivity contribution in [3.8, 4) is 5.75 Å². The molecular weight excluding hydrogens is 664 g/mol. The molecule has 13 heteroatoms. The van der Waals surface area contributed by atoms with Crippen LogP contribution in [0.15, 0.2) is 72.8 Å². The van der Waals surface area contributed by atoms with Gasteiger partial charge in [0.25, 0.3) is 5.91 Å². The van der Waals surface area contributed by atoms with Gasteiger partial charge in [-0.3, -0.25) is 9.59 Å². The zero-order chi connectivity index (χ0) is 35.1. The number of rotatable bonds is 15. The average Bonchev–Trinajstić information content (AvgIpc) is 3.00. The molecule has 0 aliphatic rings. The van der Waals surface area contributed by atoms with Gasteiger partial charge in [-0.2, -0.15) is 22.0 Å². The molecule has 0 radical (unpaired) electrons. The summed E-state index contributed by atoms with van der Waals surface area (Å²) in [6.45, 7) is 0.936. The Morgan fingerprint density at radius 1 is 0.872 bits per heavy atom. The molecule has 3 rings (SSSR count). The number of hydrogen-bond acceptors (Lipinski definition) is 5. The Kier molecular flexibility index (Phi) is 13.2.